The van der Waals surface area contributed by atoms with Crippen LogP contribution < -0.4 is 11.0 Å². The van der Waals surface area contributed by atoms with Gasteiger partial charge in [0.1, 0.15) is 0 Å². The molecule has 0 radical (unpaired) electrons. The Hall–Kier alpha value is 1.03. The molecule has 5 nitrogen and oxygen atoms in total. The molecule has 70 valence electrons. The first-order valence-corrected chi connectivity index (χ1v) is 5.87. The van der Waals surface area contributed by atoms with Gasteiger partial charge in [0.2, 0.25) is 0 Å². The molecule has 0 heterocycles. The van der Waals surface area contributed by atoms with E-state index in [2.05, 4.69) is 36.4 Å². The summed E-state index contributed by atoms with van der Waals surface area (Å²) in [5.41, 5.74) is 0. The van der Waals surface area contributed by atoms with Gasteiger partial charge in [-0.25, -0.2) is 0 Å². The summed E-state index contributed by atoms with van der Waals surface area (Å²) in [6.07, 6.45) is 0. The molecule has 0 aromatic heterocycles. The highest BCUT2D eigenvalue weighted by Gasteiger charge is 2.06. The molecular weight excluding hydrogens is 305 g/mol. The lowest BCUT2D eigenvalue weighted by molar-refractivity contribution is -0.219. The third-order valence-electron chi connectivity index (χ3n) is 0.586. The van der Waals surface area contributed by atoms with E-state index in [1.165, 1.54) is 0 Å². The van der Waals surface area contributed by atoms with Crippen LogP contribution in [0.5, 0.6) is 0 Å². The number of halogens is 2. The zero-order chi connectivity index (χ0) is 8.20. The van der Waals surface area contributed by atoms with E-state index < -0.39 is 7.82 Å². The molecule has 0 saturated heterocycles. The summed E-state index contributed by atoms with van der Waals surface area (Å²) in [7, 11) is -4.53. The normalized spacial score (nSPS) is 18.2. The number of hydrogen-bond acceptors (Lipinski definition) is 3. The summed E-state index contributed by atoms with van der Waals surface area (Å²) in [6.45, 7) is -0.0669. The van der Waals surface area contributed by atoms with E-state index in [0.717, 1.165) is 0 Å². The maximum absolute atomic E-state index is 9.98. The molecule has 0 aromatic carbocycles. The van der Waals surface area contributed by atoms with E-state index in [1.807, 2.05) is 0 Å². The molecule has 5 N–H and O–H groups in total. The fourth-order valence-electron chi connectivity index (χ4n) is 0.220. The first-order valence-electron chi connectivity index (χ1n) is 2.34. The molecule has 0 rings (SSSR count). The number of rotatable bonds is 4. The summed E-state index contributed by atoms with van der Waals surface area (Å²) in [5.74, 6) is 0. The van der Waals surface area contributed by atoms with Crippen molar-refractivity contribution in [1.29, 1.82) is 0 Å². The van der Waals surface area contributed by atoms with Crippen LogP contribution in [0.15, 0.2) is 0 Å². The van der Waals surface area contributed by atoms with E-state index in [9.17, 15) is 9.46 Å². The SMILES string of the molecule is O=P([O-])(O)OCC(Br)CBr.[NH4+]. The lowest BCUT2D eigenvalue weighted by atomic mass is 10.5. The Morgan fingerprint density at radius 2 is 2.18 bits per heavy atom. The minimum absolute atomic E-state index is 0. The van der Waals surface area contributed by atoms with Crippen molar-refractivity contribution in [2.75, 3.05) is 11.9 Å². The Bertz CT molecular complexity index is 139. The van der Waals surface area contributed by atoms with Crippen molar-refractivity contribution in [1.82, 2.24) is 6.15 Å². The lowest BCUT2D eigenvalue weighted by Crippen LogP contribution is -2.12. The zero-order valence-corrected chi connectivity index (χ0v) is 9.93. The van der Waals surface area contributed by atoms with Crippen molar-refractivity contribution in [2.24, 2.45) is 0 Å². The average molecular weight is 315 g/mol. The molecular formula is C3H10Br2NO4P. The Balaban J connectivity index is 0. The molecule has 11 heavy (non-hydrogen) atoms. The Morgan fingerprint density at radius 1 is 1.73 bits per heavy atom. The molecule has 8 heteroatoms. The van der Waals surface area contributed by atoms with Crippen LogP contribution in [0, 0.1) is 0 Å². The molecule has 0 fully saturated rings. The van der Waals surface area contributed by atoms with Crippen molar-refractivity contribution in [3.8, 4) is 0 Å². The highest BCUT2D eigenvalue weighted by Crippen LogP contribution is 2.30. The molecule has 0 aliphatic heterocycles. The molecule has 0 aromatic rings. The Kier molecular flexibility index (Phi) is 8.64. The highest BCUT2D eigenvalue weighted by molar-refractivity contribution is 9.12. The molecule has 0 spiro atoms. The fraction of sp³-hybridized carbons (Fsp3) is 1.00. The predicted octanol–water partition coefficient (Wildman–Crippen LogP) is 0.998. The van der Waals surface area contributed by atoms with E-state index in [0.29, 0.717) is 5.33 Å². The molecule has 0 bridgehead atoms. The number of phosphoric ester groups is 1. The van der Waals surface area contributed by atoms with Crippen LogP contribution in [-0.4, -0.2) is 21.7 Å². The summed E-state index contributed by atoms with van der Waals surface area (Å²) >= 11 is 6.17. The van der Waals surface area contributed by atoms with Gasteiger partial charge in [0.25, 0.3) is 7.82 Å². The minimum atomic E-state index is -4.53. The second-order valence-corrected chi connectivity index (χ2v) is 4.65. The maximum Gasteiger partial charge on any atom is 0.265 e. The second-order valence-electron chi connectivity index (χ2n) is 1.52. The molecule has 0 aliphatic rings. The number of alkyl halides is 2. The van der Waals surface area contributed by atoms with Gasteiger partial charge in [-0.05, 0) is 0 Å². The molecule has 2 atom stereocenters. The van der Waals surface area contributed by atoms with Crippen LogP contribution in [-0.2, 0) is 9.09 Å². The van der Waals surface area contributed by atoms with Gasteiger partial charge in [-0.1, -0.05) is 31.9 Å². The smallest absolute Gasteiger partial charge is 0.265 e. The fourth-order valence-corrected chi connectivity index (χ4v) is 1.11. The van der Waals surface area contributed by atoms with Crippen LogP contribution >= 0.6 is 39.7 Å². The maximum atomic E-state index is 9.98. The highest BCUT2D eigenvalue weighted by atomic mass is 79.9. The van der Waals surface area contributed by atoms with Gasteiger partial charge in [-0.3, -0.25) is 4.57 Å². The lowest BCUT2D eigenvalue weighted by Gasteiger charge is -2.16. The standard InChI is InChI=1S/C3H7Br2O4P.H3N/c4-1-3(5)2-9-10(6,7)8;/h3H,1-2H2,(H2,6,7,8);1H3. The van der Waals surface area contributed by atoms with Crippen LogP contribution in [0.1, 0.15) is 0 Å². The Labute approximate surface area is 81.6 Å². The summed E-state index contributed by atoms with van der Waals surface area (Å²) in [4.78, 5) is 18.0. The van der Waals surface area contributed by atoms with Gasteiger partial charge >= 0.3 is 0 Å². The van der Waals surface area contributed by atoms with Crippen molar-refractivity contribution >= 4 is 39.7 Å². The number of phosphoric acid groups is 1. The van der Waals surface area contributed by atoms with Gasteiger partial charge in [-0.15, -0.1) is 0 Å². The van der Waals surface area contributed by atoms with Crippen molar-refractivity contribution in [3.63, 3.8) is 0 Å². The van der Waals surface area contributed by atoms with Crippen LogP contribution in [0.4, 0.5) is 0 Å². The van der Waals surface area contributed by atoms with E-state index in [4.69, 9.17) is 4.89 Å². The van der Waals surface area contributed by atoms with Crippen molar-refractivity contribution in [2.45, 2.75) is 4.83 Å². The largest absolute Gasteiger partial charge is 0.756 e. The number of quaternary nitrogens is 1. The van der Waals surface area contributed by atoms with Crippen molar-refractivity contribution in [3.05, 3.63) is 0 Å². The minimum Gasteiger partial charge on any atom is -0.756 e. The van der Waals surface area contributed by atoms with Crippen LogP contribution in [0.3, 0.4) is 0 Å². The molecule has 0 saturated carbocycles. The third kappa shape index (κ3) is 11.0. The third-order valence-corrected chi connectivity index (χ3v) is 3.30. The topological polar surface area (TPSA) is 106 Å². The van der Waals surface area contributed by atoms with Gasteiger partial charge in [0.05, 0.1) is 6.61 Å². The van der Waals surface area contributed by atoms with E-state index >= 15 is 0 Å². The summed E-state index contributed by atoms with van der Waals surface area (Å²) in [5, 5.41) is 0.562. The number of hydrogen-bond donors (Lipinski definition) is 2. The van der Waals surface area contributed by atoms with Gasteiger partial charge < -0.3 is 20.5 Å². The first-order chi connectivity index (χ1) is 4.45. The molecule has 0 amide bonds. The second kappa shape index (κ2) is 6.54. The Morgan fingerprint density at radius 3 is 2.45 bits per heavy atom. The quantitative estimate of drug-likeness (QED) is 0.596. The van der Waals surface area contributed by atoms with E-state index in [-0.39, 0.29) is 17.6 Å². The van der Waals surface area contributed by atoms with E-state index in [1.54, 1.807) is 0 Å². The van der Waals surface area contributed by atoms with Gasteiger partial charge in [0, 0.05) is 10.2 Å². The zero-order valence-electron chi connectivity index (χ0n) is 5.87. The van der Waals surface area contributed by atoms with Gasteiger partial charge in [-0.2, -0.15) is 0 Å². The van der Waals surface area contributed by atoms with Crippen LogP contribution in [0.2, 0.25) is 0 Å². The predicted molar refractivity (Wildman–Crippen MR) is 48.3 cm³/mol. The summed E-state index contributed by atoms with van der Waals surface area (Å²) in [6, 6.07) is 0. The summed E-state index contributed by atoms with van der Waals surface area (Å²) < 4.78 is 14.0. The average Bonchev–Trinajstić information content (AvgIpc) is 1.81. The van der Waals surface area contributed by atoms with Gasteiger partial charge in [0.15, 0.2) is 0 Å². The molecule has 0 aliphatic carbocycles. The molecule has 2 unspecified atom stereocenters. The van der Waals surface area contributed by atoms with Crippen molar-refractivity contribution < 1.29 is 18.9 Å². The van der Waals surface area contributed by atoms with Crippen LogP contribution in [0.25, 0.3) is 0 Å². The monoisotopic (exact) mass is 313 g/mol. The first kappa shape index (κ1) is 14.5.